The highest BCUT2D eigenvalue weighted by Gasteiger charge is 2.21. The van der Waals surface area contributed by atoms with Crippen LogP contribution in [0.3, 0.4) is 0 Å². The molecular weight excluding hydrogens is 270 g/mol. The SMILES string of the molecule is CCOC(=O)c1ccnc(N(CCOC)C(C)CC)c1N. The Morgan fingerprint density at radius 2 is 2.19 bits per heavy atom. The predicted molar refractivity (Wildman–Crippen MR) is 83.6 cm³/mol. The first-order valence-corrected chi connectivity index (χ1v) is 7.23. The smallest absolute Gasteiger partial charge is 0.340 e. The minimum Gasteiger partial charge on any atom is -0.462 e. The topological polar surface area (TPSA) is 77.7 Å². The number of pyridine rings is 1. The highest BCUT2D eigenvalue weighted by atomic mass is 16.5. The Balaban J connectivity index is 3.13. The van der Waals surface area contributed by atoms with Gasteiger partial charge in [0.25, 0.3) is 0 Å². The van der Waals surface area contributed by atoms with Gasteiger partial charge in [0, 0.05) is 25.9 Å². The zero-order chi connectivity index (χ0) is 15.8. The van der Waals surface area contributed by atoms with Gasteiger partial charge in [0.15, 0.2) is 5.82 Å². The second kappa shape index (κ2) is 8.46. The first-order chi connectivity index (χ1) is 10.1. The van der Waals surface area contributed by atoms with E-state index in [1.54, 1.807) is 26.3 Å². The molecule has 0 spiro atoms. The number of hydrogen-bond acceptors (Lipinski definition) is 6. The molecule has 0 bridgehead atoms. The van der Waals surface area contributed by atoms with Gasteiger partial charge in [0.05, 0.1) is 24.5 Å². The molecule has 0 saturated heterocycles. The number of carbonyl (C=O) groups is 1. The highest BCUT2D eigenvalue weighted by molar-refractivity contribution is 5.97. The molecule has 2 N–H and O–H groups in total. The molecule has 1 atom stereocenters. The van der Waals surface area contributed by atoms with E-state index in [0.717, 1.165) is 6.42 Å². The van der Waals surface area contributed by atoms with E-state index in [9.17, 15) is 4.79 Å². The highest BCUT2D eigenvalue weighted by Crippen LogP contribution is 2.26. The molecule has 1 heterocycles. The fourth-order valence-electron chi connectivity index (χ4n) is 2.02. The van der Waals surface area contributed by atoms with Gasteiger partial charge < -0.3 is 20.1 Å². The monoisotopic (exact) mass is 295 g/mol. The number of nitrogen functional groups attached to an aromatic ring is 1. The predicted octanol–water partition coefficient (Wildman–Crippen LogP) is 2.09. The molecule has 0 aliphatic carbocycles. The molecule has 1 aromatic heterocycles. The lowest BCUT2D eigenvalue weighted by Crippen LogP contribution is -2.37. The van der Waals surface area contributed by atoms with E-state index >= 15 is 0 Å². The number of methoxy groups -OCH3 is 1. The Morgan fingerprint density at radius 3 is 2.76 bits per heavy atom. The summed E-state index contributed by atoms with van der Waals surface area (Å²) in [5.74, 6) is 0.182. The van der Waals surface area contributed by atoms with Crippen LogP contribution in [0.15, 0.2) is 12.3 Å². The summed E-state index contributed by atoms with van der Waals surface area (Å²) in [6.07, 6.45) is 2.52. The van der Waals surface area contributed by atoms with E-state index in [1.165, 1.54) is 0 Å². The number of hydrogen-bond donors (Lipinski definition) is 1. The average molecular weight is 295 g/mol. The van der Waals surface area contributed by atoms with Crippen LogP contribution in [0.2, 0.25) is 0 Å². The summed E-state index contributed by atoms with van der Waals surface area (Å²) in [6, 6.07) is 1.83. The summed E-state index contributed by atoms with van der Waals surface area (Å²) < 4.78 is 10.2. The van der Waals surface area contributed by atoms with Gasteiger partial charge in [-0.25, -0.2) is 9.78 Å². The van der Waals surface area contributed by atoms with Crippen LogP contribution in [-0.4, -0.2) is 43.9 Å². The van der Waals surface area contributed by atoms with Gasteiger partial charge in [0.2, 0.25) is 0 Å². The van der Waals surface area contributed by atoms with Crippen LogP contribution in [0.1, 0.15) is 37.6 Å². The molecule has 0 amide bonds. The first-order valence-electron chi connectivity index (χ1n) is 7.23. The van der Waals surface area contributed by atoms with Crippen molar-refractivity contribution in [1.82, 2.24) is 4.98 Å². The second-order valence-electron chi connectivity index (χ2n) is 4.76. The summed E-state index contributed by atoms with van der Waals surface area (Å²) >= 11 is 0. The summed E-state index contributed by atoms with van der Waals surface area (Å²) in [4.78, 5) is 18.3. The zero-order valence-corrected chi connectivity index (χ0v) is 13.3. The normalized spacial score (nSPS) is 12.0. The van der Waals surface area contributed by atoms with E-state index in [1.807, 2.05) is 0 Å². The molecule has 1 rings (SSSR count). The van der Waals surface area contributed by atoms with Crippen LogP contribution in [0.25, 0.3) is 0 Å². The largest absolute Gasteiger partial charge is 0.462 e. The number of esters is 1. The summed E-state index contributed by atoms with van der Waals surface area (Å²) in [6.45, 7) is 7.49. The lowest BCUT2D eigenvalue weighted by atomic mass is 10.1. The molecule has 0 saturated carbocycles. The third kappa shape index (κ3) is 4.32. The van der Waals surface area contributed by atoms with Crippen molar-refractivity contribution in [3.8, 4) is 0 Å². The third-order valence-electron chi connectivity index (χ3n) is 3.40. The van der Waals surface area contributed by atoms with Crippen LogP contribution in [-0.2, 0) is 9.47 Å². The van der Waals surface area contributed by atoms with E-state index < -0.39 is 5.97 Å². The van der Waals surface area contributed by atoms with Crippen LogP contribution in [0, 0.1) is 0 Å². The van der Waals surface area contributed by atoms with Gasteiger partial charge in [-0.2, -0.15) is 0 Å². The van der Waals surface area contributed by atoms with Crippen LogP contribution >= 0.6 is 0 Å². The van der Waals surface area contributed by atoms with Gasteiger partial charge >= 0.3 is 5.97 Å². The molecular formula is C15H25N3O3. The maximum atomic E-state index is 11.9. The van der Waals surface area contributed by atoms with Crippen molar-refractivity contribution in [2.45, 2.75) is 33.2 Å². The standard InChI is InChI=1S/C15H25N3O3/c1-5-11(3)18(9-10-20-4)14-13(16)12(7-8-17-14)15(19)21-6-2/h7-8,11H,5-6,9-10,16H2,1-4H3. The van der Waals surface area contributed by atoms with Crippen molar-refractivity contribution in [1.29, 1.82) is 0 Å². The minimum absolute atomic E-state index is 0.243. The Bertz CT molecular complexity index is 465. The van der Waals surface area contributed by atoms with Crippen molar-refractivity contribution < 1.29 is 14.3 Å². The third-order valence-corrected chi connectivity index (χ3v) is 3.40. The molecule has 1 aromatic rings. The average Bonchev–Trinajstić information content (AvgIpc) is 2.48. The van der Waals surface area contributed by atoms with Gasteiger partial charge in [-0.1, -0.05) is 6.92 Å². The Hall–Kier alpha value is -1.82. The molecule has 0 radical (unpaired) electrons. The van der Waals surface area contributed by atoms with Crippen molar-refractivity contribution >= 4 is 17.5 Å². The minimum atomic E-state index is -0.422. The van der Waals surface area contributed by atoms with Gasteiger partial charge in [0.1, 0.15) is 0 Å². The van der Waals surface area contributed by atoms with E-state index in [4.69, 9.17) is 15.2 Å². The van der Waals surface area contributed by atoms with Crippen LogP contribution in [0.5, 0.6) is 0 Å². The van der Waals surface area contributed by atoms with Gasteiger partial charge in [-0.15, -0.1) is 0 Å². The number of aromatic nitrogens is 1. The Labute approximate surface area is 126 Å². The number of ether oxygens (including phenoxy) is 2. The van der Waals surface area contributed by atoms with E-state index in [-0.39, 0.29) is 6.04 Å². The summed E-state index contributed by atoms with van der Waals surface area (Å²) in [5.41, 5.74) is 6.84. The number of carbonyl (C=O) groups excluding carboxylic acids is 1. The quantitative estimate of drug-likeness (QED) is 0.740. The molecule has 118 valence electrons. The molecule has 21 heavy (non-hydrogen) atoms. The molecule has 6 nitrogen and oxygen atoms in total. The number of nitrogens with zero attached hydrogens (tertiary/aromatic N) is 2. The van der Waals surface area contributed by atoms with Crippen LogP contribution < -0.4 is 10.6 Å². The maximum absolute atomic E-state index is 11.9. The second-order valence-corrected chi connectivity index (χ2v) is 4.76. The summed E-state index contributed by atoms with van der Waals surface area (Å²) in [5, 5.41) is 0. The fraction of sp³-hybridized carbons (Fsp3) is 0.600. The molecule has 0 aromatic carbocycles. The molecule has 0 aliphatic rings. The van der Waals surface area contributed by atoms with Crippen molar-refractivity contribution in [3.05, 3.63) is 17.8 Å². The number of anilines is 2. The van der Waals surface area contributed by atoms with Gasteiger partial charge in [-0.3, -0.25) is 0 Å². The van der Waals surface area contributed by atoms with Crippen molar-refractivity contribution in [3.63, 3.8) is 0 Å². The maximum Gasteiger partial charge on any atom is 0.340 e. The van der Waals surface area contributed by atoms with Gasteiger partial charge in [-0.05, 0) is 26.3 Å². The van der Waals surface area contributed by atoms with Crippen molar-refractivity contribution in [2.75, 3.05) is 37.5 Å². The molecule has 0 aliphatic heterocycles. The van der Waals surface area contributed by atoms with E-state index in [2.05, 4.69) is 23.7 Å². The molecule has 6 heteroatoms. The fourth-order valence-corrected chi connectivity index (χ4v) is 2.02. The summed E-state index contributed by atoms with van der Waals surface area (Å²) in [7, 11) is 1.65. The number of nitrogens with two attached hydrogens (primary N) is 1. The Morgan fingerprint density at radius 1 is 1.48 bits per heavy atom. The lowest BCUT2D eigenvalue weighted by molar-refractivity contribution is 0.0527. The first kappa shape index (κ1) is 17.2. The number of rotatable bonds is 8. The van der Waals surface area contributed by atoms with Crippen molar-refractivity contribution in [2.24, 2.45) is 0 Å². The zero-order valence-electron chi connectivity index (χ0n) is 13.3. The van der Waals surface area contributed by atoms with E-state index in [0.29, 0.717) is 36.8 Å². The Kier molecular flexibility index (Phi) is 6.94. The molecule has 0 fully saturated rings. The van der Waals surface area contributed by atoms with Crippen LogP contribution in [0.4, 0.5) is 11.5 Å². The molecule has 1 unspecified atom stereocenters. The lowest BCUT2D eigenvalue weighted by Gasteiger charge is -2.30.